The van der Waals surface area contributed by atoms with Crippen molar-refractivity contribution in [1.82, 2.24) is 10.2 Å². The van der Waals surface area contributed by atoms with Gasteiger partial charge in [0, 0.05) is 20.1 Å². The van der Waals surface area contributed by atoms with Crippen molar-refractivity contribution in [2.45, 2.75) is 33.1 Å². The van der Waals surface area contributed by atoms with E-state index in [4.69, 9.17) is 5.41 Å². The van der Waals surface area contributed by atoms with Gasteiger partial charge in [-0.1, -0.05) is 18.2 Å². The van der Waals surface area contributed by atoms with Gasteiger partial charge in [0.2, 0.25) is 0 Å². The number of hydrogen-bond acceptors (Lipinski definition) is 2. The molecule has 2 amide bonds. The number of likely N-dealkylation sites (tertiary alicyclic amines) is 1. The van der Waals surface area contributed by atoms with Gasteiger partial charge in [0.15, 0.2) is 5.96 Å². The minimum atomic E-state index is -0.261. The third kappa shape index (κ3) is 3.54. The molecule has 5 nitrogen and oxygen atoms in total. The summed E-state index contributed by atoms with van der Waals surface area (Å²) in [4.78, 5) is 15.9. The van der Waals surface area contributed by atoms with Gasteiger partial charge in [-0.25, -0.2) is 4.79 Å². The maximum Gasteiger partial charge on any atom is 0.328 e. The summed E-state index contributed by atoms with van der Waals surface area (Å²) in [5.74, 6) is 0.206. The highest BCUT2D eigenvalue weighted by molar-refractivity contribution is 6.03. The highest BCUT2D eigenvalue weighted by Crippen LogP contribution is 2.23. The number of anilines is 1. The summed E-state index contributed by atoms with van der Waals surface area (Å²) < 4.78 is 0. The molecule has 1 aromatic carbocycles. The second-order valence-corrected chi connectivity index (χ2v) is 5.63. The fourth-order valence-electron chi connectivity index (χ4n) is 2.82. The molecule has 2 rings (SSSR count). The Bertz CT molecular complexity index is 515. The van der Waals surface area contributed by atoms with Crippen molar-refractivity contribution in [2.75, 3.05) is 25.0 Å². The van der Waals surface area contributed by atoms with Crippen LogP contribution >= 0.6 is 0 Å². The summed E-state index contributed by atoms with van der Waals surface area (Å²) in [6, 6.07) is 5.70. The molecular formula is C16H24N4O. The Hall–Kier alpha value is -2.04. The Balaban J connectivity index is 2.04. The number of urea groups is 1. The lowest BCUT2D eigenvalue weighted by atomic mass is 10.1. The van der Waals surface area contributed by atoms with Crippen LogP contribution in [-0.2, 0) is 0 Å². The van der Waals surface area contributed by atoms with Gasteiger partial charge in [0.1, 0.15) is 0 Å². The SMILES string of the molecule is Cc1cccc(C)c1N(C)C(=O)NC(=N)N1CCCCC1. The molecule has 1 heterocycles. The molecule has 21 heavy (non-hydrogen) atoms. The van der Waals surface area contributed by atoms with Crippen molar-refractivity contribution < 1.29 is 4.79 Å². The number of nitrogens with zero attached hydrogens (tertiary/aromatic N) is 2. The minimum absolute atomic E-state index is 0.206. The molecule has 1 aliphatic rings. The largest absolute Gasteiger partial charge is 0.343 e. The van der Waals surface area contributed by atoms with E-state index in [1.165, 1.54) is 6.42 Å². The van der Waals surface area contributed by atoms with Crippen LogP contribution in [0.4, 0.5) is 10.5 Å². The maximum absolute atomic E-state index is 12.3. The fourth-order valence-corrected chi connectivity index (χ4v) is 2.82. The molecule has 5 heteroatoms. The van der Waals surface area contributed by atoms with E-state index in [0.717, 1.165) is 42.7 Å². The number of nitrogens with one attached hydrogen (secondary N) is 2. The molecule has 0 radical (unpaired) electrons. The topological polar surface area (TPSA) is 59.4 Å². The average Bonchev–Trinajstić information content (AvgIpc) is 2.47. The van der Waals surface area contributed by atoms with E-state index in [9.17, 15) is 4.79 Å². The quantitative estimate of drug-likeness (QED) is 0.616. The Morgan fingerprint density at radius 1 is 1.19 bits per heavy atom. The predicted molar refractivity (Wildman–Crippen MR) is 86.0 cm³/mol. The van der Waals surface area contributed by atoms with Crippen molar-refractivity contribution in [1.29, 1.82) is 5.41 Å². The highest BCUT2D eigenvalue weighted by Gasteiger charge is 2.19. The van der Waals surface area contributed by atoms with E-state index >= 15 is 0 Å². The molecule has 2 N–H and O–H groups in total. The molecule has 1 fully saturated rings. The van der Waals surface area contributed by atoms with Crippen LogP contribution in [0.15, 0.2) is 18.2 Å². The second-order valence-electron chi connectivity index (χ2n) is 5.63. The third-order valence-electron chi connectivity index (χ3n) is 3.98. The molecule has 0 unspecified atom stereocenters. The molecular weight excluding hydrogens is 264 g/mol. The molecule has 0 aromatic heterocycles. The smallest absolute Gasteiger partial charge is 0.328 e. The molecule has 0 bridgehead atoms. The van der Waals surface area contributed by atoms with Gasteiger partial charge in [-0.3, -0.25) is 15.6 Å². The predicted octanol–water partition coefficient (Wildman–Crippen LogP) is 2.87. The van der Waals surface area contributed by atoms with Gasteiger partial charge in [0.25, 0.3) is 0 Å². The summed E-state index contributed by atoms with van der Waals surface area (Å²) >= 11 is 0. The lowest BCUT2D eigenvalue weighted by molar-refractivity contribution is 0.249. The highest BCUT2D eigenvalue weighted by atomic mass is 16.2. The lowest BCUT2D eigenvalue weighted by Gasteiger charge is -2.30. The van der Waals surface area contributed by atoms with Crippen molar-refractivity contribution >= 4 is 17.7 Å². The number of guanidine groups is 1. The zero-order chi connectivity index (χ0) is 15.4. The monoisotopic (exact) mass is 288 g/mol. The van der Waals surface area contributed by atoms with E-state index in [2.05, 4.69) is 5.32 Å². The number of carbonyl (C=O) groups excluding carboxylic acids is 1. The summed E-state index contributed by atoms with van der Waals surface area (Å²) in [5, 5.41) is 10.7. The van der Waals surface area contributed by atoms with Crippen molar-refractivity contribution in [2.24, 2.45) is 0 Å². The van der Waals surface area contributed by atoms with Crippen LogP contribution in [0.3, 0.4) is 0 Å². The summed E-state index contributed by atoms with van der Waals surface area (Å²) in [6.07, 6.45) is 3.38. The maximum atomic E-state index is 12.3. The third-order valence-corrected chi connectivity index (χ3v) is 3.98. The molecule has 0 aliphatic carbocycles. The van der Waals surface area contributed by atoms with Gasteiger partial charge in [0.05, 0.1) is 5.69 Å². The van der Waals surface area contributed by atoms with Crippen molar-refractivity contribution in [3.63, 3.8) is 0 Å². The van der Waals surface area contributed by atoms with Crippen LogP contribution in [0.1, 0.15) is 30.4 Å². The van der Waals surface area contributed by atoms with Crippen LogP contribution in [0, 0.1) is 19.3 Å². The van der Waals surface area contributed by atoms with Crippen LogP contribution in [-0.4, -0.2) is 37.0 Å². The van der Waals surface area contributed by atoms with E-state index in [1.807, 2.05) is 36.9 Å². The van der Waals surface area contributed by atoms with Gasteiger partial charge in [-0.2, -0.15) is 0 Å². The van der Waals surface area contributed by atoms with Crippen LogP contribution < -0.4 is 10.2 Å². The minimum Gasteiger partial charge on any atom is -0.343 e. The Labute approximate surface area is 126 Å². The number of hydrogen-bond donors (Lipinski definition) is 2. The first-order valence-electron chi connectivity index (χ1n) is 7.45. The average molecular weight is 288 g/mol. The molecule has 1 aromatic rings. The zero-order valence-electron chi connectivity index (χ0n) is 13.1. The number of para-hydroxylation sites is 1. The first-order chi connectivity index (χ1) is 10.0. The number of piperidine rings is 1. The normalized spacial score (nSPS) is 14.7. The Morgan fingerprint density at radius 3 is 2.33 bits per heavy atom. The van der Waals surface area contributed by atoms with E-state index < -0.39 is 0 Å². The molecule has 1 saturated heterocycles. The van der Waals surface area contributed by atoms with Crippen LogP contribution in [0.2, 0.25) is 0 Å². The summed E-state index contributed by atoms with van der Waals surface area (Å²) in [7, 11) is 1.74. The van der Waals surface area contributed by atoms with Crippen LogP contribution in [0.25, 0.3) is 0 Å². The molecule has 1 aliphatic heterocycles. The molecule has 0 spiro atoms. The van der Waals surface area contributed by atoms with Crippen molar-refractivity contribution in [3.05, 3.63) is 29.3 Å². The van der Waals surface area contributed by atoms with Gasteiger partial charge < -0.3 is 4.90 Å². The number of benzene rings is 1. The van der Waals surface area contributed by atoms with Gasteiger partial charge in [-0.15, -0.1) is 0 Å². The van der Waals surface area contributed by atoms with E-state index in [1.54, 1.807) is 11.9 Å². The summed E-state index contributed by atoms with van der Waals surface area (Å²) in [5.41, 5.74) is 3.01. The standard InChI is InChI=1S/C16H24N4O/c1-12-8-7-9-13(2)14(12)19(3)16(21)18-15(17)20-10-5-4-6-11-20/h7-9H,4-6,10-11H2,1-3H3,(H2,17,18,21). The van der Waals surface area contributed by atoms with Crippen molar-refractivity contribution in [3.8, 4) is 0 Å². The number of amides is 2. The number of aryl methyl sites for hydroxylation is 2. The van der Waals surface area contributed by atoms with Gasteiger partial charge in [-0.05, 0) is 44.2 Å². The second kappa shape index (κ2) is 6.61. The first kappa shape index (κ1) is 15.4. The molecule has 114 valence electrons. The Morgan fingerprint density at radius 2 is 1.76 bits per heavy atom. The Kier molecular flexibility index (Phi) is 4.83. The number of carbonyl (C=O) groups is 1. The van der Waals surface area contributed by atoms with Crippen LogP contribution in [0.5, 0.6) is 0 Å². The van der Waals surface area contributed by atoms with Gasteiger partial charge >= 0.3 is 6.03 Å². The van der Waals surface area contributed by atoms with E-state index in [0.29, 0.717) is 0 Å². The first-order valence-corrected chi connectivity index (χ1v) is 7.45. The lowest BCUT2D eigenvalue weighted by Crippen LogP contribution is -2.49. The fraction of sp³-hybridized carbons (Fsp3) is 0.500. The molecule has 0 saturated carbocycles. The van der Waals surface area contributed by atoms with E-state index in [-0.39, 0.29) is 12.0 Å². The molecule has 0 atom stereocenters. The summed E-state index contributed by atoms with van der Waals surface area (Å²) in [6.45, 7) is 5.68. The number of rotatable bonds is 1. The zero-order valence-corrected chi connectivity index (χ0v) is 13.1.